The second-order valence-corrected chi connectivity index (χ2v) is 6.12. The van der Waals surface area contributed by atoms with Crippen molar-refractivity contribution in [2.45, 2.75) is 13.3 Å². The maximum absolute atomic E-state index is 13.0. The molecule has 1 N–H and O–H groups in total. The van der Waals surface area contributed by atoms with Gasteiger partial charge in [0.2, 0.25) is 0 Å². The summed E-state index contributed by atoms with van der Waals surface area (Å²) in [6, 6.07) is 19.6. The van der Waals surface area contributed by atoms with Gasteiger partial charge in [-0.05, 0) is 55.3 Å². The summed E-state index contributed by atoms with van der Waals surface area (Å²) >= 11 is 0. The Hall–Kier alpha value is -3.21. The maximum atomic E-state index is 13.0. The van der Waals surface area contributed by atoms with Crippen LogP contribution in [0.15, 0.2) is 72.9 Å². The molecule has 0 spiro atoms. The Labute approximate surface area is 158 Å². The van der Waals surface area contributed by atoms with Crippen LogP contribution in [0.2, 0.25) is 0 Å². The molecule has 0 fully saturated rings. The van der Waals surface area contributed by atoms with Gasteiger partial charge in [0, 0.05) is 30.7 Å². The van der Waals surface area contributed by atoms with Crippen LogP contribution in [0, 0.1) is 5.82 Å². The summed E-state index contributed by atoms with van der Waals surface area (Å²) in [5.41, 5.74) is 3.13. The van der Waals surface area contributed by atoms with E-state index in [9.17, 15) is 9.18 Å². The molecule has 0 aliphatic heterocycles. The molecule has 0 radical (unpaired) electrons. The number of halogens is 1. The highest BCUT2D eigenvalue weighted by atomic mass is 19.1. The number of anilines is 2. The van der Waals surface area contributed by atoms with E-state index in [0.717, 1.165) is 23.4 Å². The number of carbonyl (C=O) groups is 1. The summed E-state index contributed by atoms with van der Waals surface area (Å²) in [5, 5.41) is 3.30. The number of para-hydroxylation sites is 1. The molecule has 138 valence electrons. The Morgan fingerprint density at radius 2 is 1.81 bits per heavy atom. The molecule has 27 heavy (non-hydrogen) atoms. The number of rotatable bonds is 7. The van der Waals surface area contributed by atoms with Crippen molar-refractivity contribution >= 4 is 17.3 Å². The Bertz CT molecular complexity index is 882. The molecule has 0 saturated carbocycles. The van der Waals surface area contributed by atoms with Crippen molar-refractivity contribution < 1.29 is 9.18 Å². The van der Waals surface area contributed by atoms with E-state index in [-0.39, 0.29) is 11.7 Å². The molecular formula is C22H22FN3O. The van der Waals surface area contributed by atoms with Gasteiger partial charge in [0.15, 0.2) is 0 Å². The van der Waals surface area contributed by atoms with Crippen LogP contribution >= 0.6 is 0 Å². The Morgan fingerprint density at radius 1 is 1.07 bits per heavy atom. The molecule has 1 amide bonds. The third kappa shape index (κ3) is 4.91. The van der Waals surface area contributed by atoms with Crippen molar-refractivity contribution in [1.82, 2.24) is 4.98 Å². The molecule has 4 nitrogen and oxygen atoms in total. The molecule has 1 heterocycles. The standard InChI is InChI=1S/C22H22FN3O/c1-2-26(20-6-4-3-5-7-20)22(27)21-16-19(13-15-25-21)24-14-12-17-8-10-18(23)11-9-17/h3-11,13,15-16H,2,12,14H2,1H3,(H,24,25). The van der Waals surface area contributed by atoms with E-state index in [0.29, 0.717) is 18.8 Å². The molecule has 1 aromatic heterocycles. The number of hydrogen-bond acceptors (Lipinski definition) is 3. The Kier molecular flexibility index (Phi) is 6.15. The highest BCUT2D eigenvalue weighted by molar-refractivity contribution is 6.05. The number of nitrogens with one attached hydrogen (secondary N) is 1. The summed E-state index contributed by atoms with van der Waals surface area (Å²) in [5.74, 6) is -0.367. The summed E-state index contributed by atoms with van der Waals surface area (Å²) in [4.78, 5) is 18.8. The van der Waals surface area contributed by atoms with Gasteiger partial charge in [-0.25, -0.2) is 4.39 Å². The summed E-state index contributed by atoms with van der Waals surface area (Å²) in [6.45, 7) is 3.18. The minimum absolute atomic E-state index is 0.133. The van der Waals surface area contributed by atoms with Crippen LogP contribution in [-0.2, 0) is 6.42 Å². The molecule has 0 aliphatic carbocycles. The van der Waals surface area contributed by atoms with Crippen molar-refractivity contribution in [3.8, 4) is 0 Å². The summed E-state index contributed by atoms with van der Waals surface area (Å²) < 4.78 is 13.0. The smallest absolute Gasteiger partial charge is 0.276 e. The van der Waals surface area contributed by atoms with Crippen LogP contribution in [0.4, 0.5) is 15.8 Å². The van der Waals surface area contributed by atoms with Crippen LogP contribution in [0.1, 0.15) is 23.0 Å². The number of hydrogen-bond donors (Lipinski definition) is 1. The zero-order valence-electron chi connectivity index (χ0n) is 15.2. The lowest BCUT2D eigenvalue weighted by molar-refractivity contribution is 0.0983. The lowest BCUT2D eigenvalue weighted by Crippen LogP contribution is -2.31. The SMILES string of the molecule is CCN(C(=O)c1cc(NCCc2ccc(F)cc2)ccn1)c1ccccc1. The van der Waals surface area contributed by atoms with E-state index in [2.05, 4.69) is 10.3 Å². The Balaban J connectivity index is 1.65. The van der Waals surface area contributed by atoms with Gasteiger partial charge >= 0.3 is 0 Å². The molecular weight excluding hydrogens is 341 g/mol. The summed E-state index contributed by atoms with van der Waals surface area (Å²) in [6.07, 6.45) is 2.39. The van der Waals surface area contributed by atoms with Crippen LogP contribution in [0.3, 0.4) is 0 Å². The average Bonchev–Trinajstić information content (AvgIpc) is 2.71. The van der Waals surface area contributed by atoms with Gasteiger partial charge in [-0.2, -0.15) is 0 Å². The first-order chi connectivity index (χ1) is 13.2. The minimum Gasteiger partial charge on any atom is -0.385 e. The van der Waals surface area contributed by atoms with Crippen LogP contribution in [-0.4, -0.2) is 24.0 Å². The Morgan fingerprint density at radius 3 is 2.52 bits per heavy atom. The topological polar surface area (TPSA) is 45.2 Å². The van der Waals surface area contributed by atoms with Gasteiger partial charge in [0.25, 0.3) is 5.91 Å². The second-order valence-electron chi connectivity index (χ2n) is 6.12. The number of carbonyl (C=O) groups excluding carboxylic acids is 1. The third-order valence-corrected chi connectivity index (χ3v) is 4.26. The summed E-state index contributed by atoms with van der Waals surface area (Å²) in [7, 11) is 0. The van der Waals surface area contributed by atoms with E-state index in [1.807, 2.05) is 43.3 Å². The number of pyridine rings is 1. The molecule has 3 aromatic rings. The molecule has 5 heteroatoms. The first-order valence-electron chi connectivity index (χ1n) is 8.98. The van der Waals surface area contributed by atoms with E-state index >= 15 is 0 Å². The molecule has 0 unspecified atom stereocenters. The molecule has 0 atom stereocenters. The number of nitrogens with zero attached hydrogens (tertiary/aromatic N) is 2. The normalized spacial score (nSPS) is 10.4. The fourth-order valence-electron chi connectivity index (χ4n) is 2.85. The molecule has 3 rings (SSSR count). The fraction of sp³-hybridized carbons (Fsp3) is 0.182. The quantitative estimate of drug-likeness (QED) is 0.670. The number of amides is 1. The van der Waals surface area contributed by atoms with Gasteiger partial charge in [0.05, 0.1) is 0 Å². The lowest BCUT2D eigenvalue weighted by atomic mass is 10.1. The van der Waals surface area contributed by atoms with Crippen LogP contribution < -0.4 is 10.2 Å². The van der Waals surface area contributed by atoms with Gasteiger partial charge in [0.1, 0.15) is 11.5 Å². The van der Waals surface area contributed by atoms with Gasteiger partial charge in [-0.3, -0.25) is 9.78 Å². The zero-order chi connectivity index (χ0) is 19.1. The van der Waals surface area contributed by atoms with E-state index in [4.69, 9.17) is 0 Å². The molecule has 2 aromatic carbocycles. The van der Waals surface area contributed by atoms with Crippen LogP contribution in [0.5, 0.6) is 0 Å². The predicted octanol–water partition coefficient (Wildman–Crippen LogP) is 4.54. The maximum Gasteiger partial charge on any atom is 0.276 e. The predicted molar refractivity (Wildman–Crippen MR) is 107 cm³/mol. The highest BCUT2D eigenvalue weighted by Crippen LogP contribution is 2.17. The van der Waals surface area contributed by atoms with Crippen molar-refractivity contribution in [3.05, 3.63) is 90.0 Å². The minimum atomic E-state index is -0.233. The van der Waals surface area contributed by atoms with Gasteiger partial charge < -0.3 is 10.2 Å². The monoisotopic (exact) mass is 363 g/mol. The van der Waals surface area contributed by atoms with Crippen molar-refractivity contribution in [2.75, 3.05) is 23.3 Å². The lowest BCUT2D eigenvalue weighted by Gasteiger charge is -2.20. The molecule has 0 aliphatic rings. The van der Waals surface area contributed by atoms with Crippen molar-refractivity contribution in [2.24, 2.45) is 0 Å². The van der Waals surface area contributed by atoms with Gasteiger partial charge in [-0.15, -0.1) is 0 Å². The second kappa shape index (κ2) is 8.94. The molecule has 0 saturated heterocycles. The van der Waals surface area contributed by atoms with Crippen LogP contribution in [0.25, 0.3) is 0 Å². The first kappa shape index (κ1) is 18.6. The third-order valence-electron chi connectivity index (χ3n) is 4.26. The van der Waals surface area contributed by atoms with E-state index in [1.165, 1.54) is 12.1 Å². The highest BCUT2D eigenvalue weighted by Gasteiger charge is 2.17. The number of aromatic nitrogens is 1. The zero-order valence-corrected chi connectivity index (χ0v) is 15.2. The number of benzene rings is 2. The largest absolute Gasteiger partial charge is 0.385 e. The van der Waals surface area contributed by atoms with E-state index in [1.54, 1.807) is 29.3 Å². The average molecular weight is 363 g/mol. The van der Waals surface area contributed by atoms with Crippen molar-refractivity contribution in [1.29, 1.82) is 0 Å². The van der Waals surface area contributed by atoms with Gasteiger partial charge in [-0.1, -0.05) is 30.3 Å². The molecule has 0 bridgehead atoms. The first-order valence-corrected chi connectivity index (χ1v) is 8.98. The van der Waals surface area contributed by atoms with E-state index < -0.39 is 0 Å². The fourth-order valence-corrected chi connectivity index (χ4v) is 2.85. The van der Waals surface area contributed by atoms with Crippen molar-refractivity contribution in [3.63, 3.8) is 0 Å².